The minimum Gasteiger partial charge on any atom is -0.396 e. The predicted octanol–water partition coefficient (Wildman–Crippen LogP) is 13.2. The van der Waals surface area contributed by atoms with Crippen molar-refractivity contribution in [3.63, 3.8) is 0 Å². The molecule has 0 rings (SSSR count). The van der Waals surface area contributed by atoms with Crippen molar-refractivity contribution in [3.05, 3.63) is 0 Å². The van der Waals surface area contributed by atoms with E-state index in [0.29, 0.717) is 6.61 Å². The molecular weight excluding hydrogens is 516 g/mol. The van der Waals surface area contributed by atoms with Crippen LogP contribution in [0, 0.1) is 0 Å². The van der Waals surface area contributed by atoms with Gasteiger partial charge in [-0.1, -0.05) is 215 Å². The summed E-state index contributed by atoms with van der Waals surface area (Å²) in [5, 5.41) is 9.97. The van der Waals surface area contributed by atoms with Gasteiger partial charge < -0.3 is 5.11 Å². The maximum absolute atomic E-state index is 8.78. The molecule has 224 valence electrons. The number of alkyl halides is 1. The maximum Gasteiger partial charge on any atom is 0.0431 e. The van der Waals surface area contributed by atoms with Crippen molar-refractivity contribution in [1.82, 2.24) is 0 Å². The topological polar surface area (TPSA) is 20.2 Å². The fourth-order valence-electron chi connectivity index (χ4n) is 5.69. The molecule has 0 spiro atoms. The Morgan fingerprint density at radius 1 is 0.216 bits per heavy atom. The van der Waals surface area contributed by atoms with E-state index >= 15 is 0 Å². The highest BCUT2D eigenvalue weighted by Crippen LogP contribution is 2.17. The molecule has 0 heterocycles. The Bertz CT molecular complexity index is 338. The van der Waals surface area contributed by atoms with Crippen molar-refractivity contribution >= 4 is 15.9 Å². The first-order valence-corrected chi connectivity index (χ1v) is 18.7. The van der Waals surface area contributed by atoms with Gasteiger partial charge in [0.15, 0.2) is 0 Å². The van der Waals surface area contributed by atoms with Gasteiger partial charge in [0.1, 0.15) is 0 Å². The van der Waals surface area contributed by atoms with E-state index in [4.69, 9.17) is 5.11 Å². The highest BCUT2D eigenvalue weighted by Gasteiger charge is 1.97. The van der Waals surface area contributed by atoms with Crippen molar-refractivity contribution in [2.24, 2.45) is 0 Å². The van der Waals surface area contributed by atoms with Crippen LogP contribution in [-0.2, 0) is 0 Å². The van der Waals surface area contributed by atoms with Gasteiger partial charge in [-0.25, -0.2) is 0 Å². The molecule has 1 N–H and O–H groups in total. The van der Waals surface area contributed by atoms with Crippen molar-refractivity contribution in [2.45, 2.75) is 212 Å². The molecule has 0 aliphatic rings. The van der Waals surface area contributed by atoms with Crippen LogP contribution >= 0.6 is 15.9 Å². The molecule has 0 saturated heterocycles. The molecule has 0 unspecified atom stereocenters. The fraction of sp³-hybridized carbons (Fsp3) is 1.00. The average Bonchev–Trinajstić information content (AvgIpc) is 2.91. The first-order valence-electron chi connectivity index (χ1n) is 17.6. The van der Waals surface area contributed by atoms with Gasteiger partial charge in [0, 0.05) is 11.9 Å². The largest absolute Gasteiger partial charge is 0.396 e. The van der Waals surface area contributed by atoms with E-state index in [9.17, 15) is 0 Å². The SMILES string of the molecule is OCCCCCCCCCCCCCCCCCCCCCCCCCCCCCCCCCCCBr. The summed E-state index contributed by atoms with van der Waals surface area (Å²) >= 11 is 3.52. The van der Waals surface area contributed by atoms with E-state index in [2.05, 4.69) is 15.9 Å². The summed E-state index contributed by atoms with van der Waals surface area (Å²) < 4.78 is 0. The quantitative estimate of drug-likeness (QED) is 0.0586. The molecule has 0 aromatic rings. The lowest BCUT2D eigenvalue weighted by atomic mass is 10.0. The Morgan fingerprint density at radius 3 is 0.486 bits per heavy atom. The summed E-state index contributed by atoms with van der Waals surface area (Å²) in [4.78, 5) is 0. The van der Waals surface area contributed by atoms with Crippen LogP contribution in [0.15, 0.2) is 0 Å². The molecule has 0 bridgehead atoms. The number of halogens is 1. The Kier molecular flexibility index (Phi) is 36.9. The molecule has 0 aromatic heterocycles. The van der Waals surface area contributed by atoms with Crippen LogP contribution in [0.5, 0.6) is 0 Å². The molecule has 0 aromatic carbocycles. The average molecular weight is 588 g/mol. The van der Waals surface area contributed by atoms with E-state index < -0.39 is 0 Å². The lowest BCUT2D eigenvalue weighted by Gasteiger charge is -2.05. The fourth-order valence-corrected chi connectivity index (χ4v) is 6.08. The number of aliphatic hydroxyl groups excluding tert-OH is 1. The molecule has 0 aliphatic heterocycles. The Balaban J connectivity index is 3.00. The van der Waals surface area contributed by atoms with Gasteiger partial charge in [-0.3, -0.25) is 0 Å². The van der Waals surface area contributed by atoms with Gasteiger partial charge in [-0.2, -0.15) is 0 Å². The summed E-state index contributed by atoms with van der Waals surface area (Å²) in [5.74, 6) is 0. The molecule has 0 atom stereocenters. The van der Waals surface area contributed by atoms with Crippen molar-refractivity contribution in [2.75, 3.05) is 11.9 Å². The Hall–Kier alpha value is 0.440. The van der Waals surface area contributed by atoms with Crippen molar-refractivity contribution < 1.29 is 5.11 Å². The molecular formula is C35H71BrO. The summed E-state index contributed by atoms with van der Waals surface area (Å²) in [7, 11) is 0. The van der Waals surface area contributed by atoms with Crippen LogP contribution in [0.2, 0.25) is 0 Å². The summed E-state index contributed by atoms with van der Waals surface area (Å²) in [6.45, 7) is 0.374. The second-order valence-corrected chi connectivity index (χ2v) is 12.9. The maximum atomic E-state index is 8.78. The van der Waals surface area contributed by atoms with E-state index in [0.717, 1.165) is 6.42 Å². The van der Waals surface area contributed by atoms with E-state index in [-0.39, 0.29) is 0 Å². The van der Waals surface area contributed by atoms with Crippen LogP contribution in [0.25, 0.3) is 0 Å². The van der Waals surface area contributed by atoms with Gasteiger partial charge in [-0.05, 0) is 12.8 Å². The number of hydrogen-bond acceptors (Lipinski definition) is 1. The molecule has 0 amide bonds. The smallest absolute Gasteiger partial charge is 0.0431 e. The predicted molar refractivity (Wildman–Crippen MR) is 173 cm³/mol. The third-order valence-electron chi connectivity index (χ3n) is 8.29. The van der Waals surface area contributed by atoms with Crippen molar-refractivity contribution in [1.29, 1.82) is 0 Å². The first-order chi connectivity index (χ1) is 18.4. The minimum absolute atomic E-state index is 0.374. The highest BCUT2D eigenvalue weighted by atomic mass is 79.9. The van der Waals surface area contributed by atoms with Gasteiger partial charge in [0.25, 0.3) is 0 Å². The normalized spacial score (nSPS) is 11.5. The van der Waals surface area contributed by atoms with Crippen LogP contribution in [-0.4, -0.2) is 17.0 Å². The molecule has 0 radical (unpaired) electrons. The number of unbranched alkanes of at least 4 members (excludes halogenated alkanes) is 32. The number of hydrogen-bond donors (Lipinski definition) is 1. The summed E-state index contributed by atoms with van der Waals surface area (Å²) in [6.07, 6.45) is 47.4. The number of rotatable bonds is 34. The summed E-state index contributed by atoms with van der Waals surface area (Å²) in [6, 6.07) is 0. The zero-order valence-corrected chi connectivity index (χ0v) is 27.2. The molecule has 0 fully saturated rings. The molecule has 1 nitrogen and oxygen atoms in total. The molecule has 0 saturated carbocycles. The van der Waals surface area contributed by atoms with Crippen LogP contribution in [0.1, 0.15) is 212 Å². The second kappa shape index (κ2) is 36.4. The second-order valence-electron chi connectivity index (χ2n) is 12.1. The Labute approximate surface area is 244 Å². The van der Waals surface area contributed by atoms with Gasteiger partial charge >= 0.3 is 0 Å². The monoisotopic (exact) mass is 586 g/mol. The van der Waals surface area contributed by atoms with Crippen LogP contribution < -0.4 is 0 Å². The Morgan fingerprint density at radius 2 is 0.351 bits per heavy atom. The van der Waals surface area contributed by atoms with E-state index in [1.807, 2.05) is 0 Å². The van der Waals surface area contributed by atoms with Crippen molar-refractivity contribution in [3.8, 4) is 0 Å². The first kappa shape index (κ1) is 37.4. The third-order valence-corrected chi connectivity index (χ3v) is 8.85. The molecule has 0 aliphatic carbocycles. The highest BCUT2D eigenvalue weighted by molar-refractivity contribution is 9.09. The van der Waals surface area contributed by atoms with E-state index in [1.165, 1.54) is 211 Å². The lowest BCUT2D eigenvalue weighted by molar-refractivity contribution is 0.282. The third kappa shape index (κ3) is 36.4. The van der Waals surface area contributed by atoms with Gasteiger partial charge in [-0.15, -0.1) is 0 Å². The lowest BCUT2D eigenvalue weighted by Crippen LogP contribution is -1.85. The van der Waals surface area contributed by atoms with Gasteiger partial charge in [0.05, 0.1) is 0 Å². The minimum atomic E-state index is 0.374. The molecule has 37 heavy (non-hydrogen) atoms. The van der Waals surface area contributed by atoms with E-state index in [1.54, 1.807) is 0 Å². The molecule has 2 heteroatoms. The standard InChI is InChI=1S/C35H71BrO/c36-34-32-30-28-26-24-22-20-18-16-14-12-10-8-6-4-2-1-3-5-7-9-11-13-15-17-19-21-23-25-27-29-31-33-35-37/h37H,1-35H2. The van der Waals surface area contributed by atoms with Gasteiger partial charge in [0.2, 0.25) is 0 Å². The number of aliphatic hydroxyl groups is 1. The zero-order valence-electron chi connectivity index (χ0n) is 25.6. The van der Waals surface area contributed by atoms with Crippen LogP contribution in [0.3, 0.4) is 0 Å². The summed E-state index contributed by atoms with van der Waals surface area (Å²) in [5.41, 5.74) is 0. The van der Waals surface area contributed by atoms with Crippen LogP contribution in [0.4, 0.5) is 0 Å². The zero-order chi connectivity index (χ0) is 26.7.